The molecule has 1 aromatic carbocycles. The summed E-state index contributed by atoms with van der Waals surface area (Å²) in [6, 6.07) is 5.07. The van der Waals surface area contributed by atoms with Gasteiger partial charge in [-0.15, -0.1) is 0 Å². The van der Waals surface area contributed by atoms with E-state index >= 15 is 0 Å². The van der Waals surface area contributed by atoms with Gasteiger partial charge in [-0.3, -0.25) is 4.99 Å². The lowest BCUT2D eigenvalue weighted by Gasteiger charge is -2.22. The highest BCUT2D eigenvalue weighted by molar-refractivity contribution is 9.10. The lowest BCUT2D eigenvalue weighted by atomic mass is 10.1. The first-order valence-electron chi connectivity index (χ1n) is 5.75. The first-order valence-corrected chi connectivity index (χ1v) is 6.54. The summed E-state index contributed by atoms with van der Waals surface area (Å²) in [7, 11) is 7.86. The Labute approximate surface area is 116 Å². The van der Waals surface area contributed by atoms with Crippen molar-refractivity contribution in [2.75, 3.05) is 34.7 Å². The summed E-state index contributed by atoms with van der Waals surface area (Å²) in [6.45, 7) is 0.684. The number of rotatable bonds is 3. The molecule has 0 spiro atoms. The quantitative estimate of drug-likeness (QED) is 0.630. The van der Waals surface area contributed by atoms with E-state index in [-0.39, 0.29) is 5.82 Å². The van der Waals surface area contributed by atoms with Crippen LogP contribution in [0.15, 0.2) is 27.7 Å². The maximum atomic E-state index is 13.1. The lowest BCUT2D eigenvalue weighted by Crippen LogP contribution is -2.35. The fourth-order valence-electron chi connectivity index (χ4n) is 1.66. The molecule has 0 aliphatic carbocycles. The van der Waals surface area contributed by atoms with Gasteiger partial charge in [0, 0.05) is 34.7 Å². The molecule has 3 nitrogen and oxygen atoms in total. The largest absolute Gasteiger partial charge is 0.349 e. The molecule has 0 aromatic heterocycles. The molecule has 0 bridgehead atoms. The van der Waals surface area contributed by atoms with Gasteiger partial charge in [0.1, 0.15) is 5.82 Å². The fourth-order valence-corrected chi connectivity index (χ4v) is 2.09. The average molecular weight is 316 g/mol. The Morgan fingerprint density at radius 3 is 2.33 bits per heavy atom. The third-order valence-corrected chi connectivity index (χ3v) is 3.05. The van der Waals surface area contributed by atoms with Crippen molar-refractivity contribution in [2.24, 2.45) is 4.99 Å². The smallest absolute Gasteiger partial charge is 0.195 e. The van der Waals surface area contributed by atoms with Gasteiger partial charge < -0.3 is 9.80 Å². The average Bonchev–Trinajstić information content (AvgIpc) is 2.28. The molecule has 1 aromatic rings. The van der Waals surface area contributed by atoms with E-state index in [0.29, 0.717) is 11.0 Å². The Balaban J connectivity index is 2.64. The lowest BCUT2D eigenvalue weighted by molar-refractivity contribution is 0.479. The summed E-state index contributed by atoms with van der Waals surface area (Å²) >= 11 is 3.19. The van der Waals surface area contributed by atoms with Gasteiger partial charge in [-0.1, -0.05) is 6.07 Å². The van der Waals surface area contributed by atoms with Crippen LogP contribution in [0.3, 0.4) is 0 Å². The maximum absolute atomic E-state index is 13.1. The van der Waals surface area contributed by atoms with Crippen LogP contribution >= 0.6 is 15.9 Å². The number of aliphatic imine (C=N–C) groups is 1. The highest BCUT2D eigenvalue weighted by atomic mass is 79.9. The second-order valence-corrected chi connectivity index (χ2v) is 5.32. The zero-order chi connectivity index (χ0) is 13.7. The number of guanidine groups is 1. The number of benzene rings is 1. The summed E-state index contributed by atoms with van der Waals surface area (Å²) in [4.78, 5) is 8.48. The molecule has 0 heterocycles. The molecular weight excluding hydrogens is 297 g/mol. The molecular formula is C13H19BrFN3. The summed E-state index contributed by atoms with van der Waals surface area (Å²) in [5.41, 5.74) is 1.07. The van der Waals surface area contributed by atoms with Crippen LogP contribution in [0.25, 0.3) is 0 Å². The van der Waals surface area contributed by atoms with Crippen molar-refractivity contribution < 1.29 is 4.39 Å². The predicted molar refractivity (Wildman–Crippen MR) is 77.5 cm³/mol. The highest BCUT2D eigenvalue weighted by Gasteiger charge is 2.04. The zero-order valence-corrected chi connectivity index (χ0v) is 12.8. The molecule has 0 unspecified atom stereocenters. The van der Waals surface area contributed by atoms with Gasteiger partial charge in [0.2, 0.25) is 0 Å². The van der Waals surface area contributed by atoms with Crippen molar-refractivity contribution in [3.8, 4) is 0 Å². The molecule has 0 amide bonds. The van der Waals surface area contributed by atoms with Crippen molar-refractivity contribution in [3.05, 3.63) is 34.1 Å². The molecule has 0 N–H and O–H groups in total. The zero-order valence-electron chi connectivity index (χ0n) is 11.2. The Bertz CT molecular complexity index is 420. The van der Waals surface area contributed by atoms with E-state index in [1.54, 1.807) is 12.1 Å². The Morgan fingerprint density at radius 1 is 1.22 bits per heavy atom. The van der Waals surface area contributed by atoms with Crippen molar-refractivity contribution in [1.29, 1.82) is 0 Å². The summed E-state index contributed by atoms with van der Waals surface area (Å²) in [5.74, 6) is 0.695. The van der Waals surface area contributed by atoms with Crippen molar-refractivity contribution in [3.63, 3.8) is 0 Å². The number of hydrogen-bond donors (Lipinski definition) is 0. The van der Waals surface area contributed by atoms with E-state index in [9.17, 15) is 4.39 Å². The monoisotopic (exact) mass is 315 g/mol. The van der Waals surface area contributed by atoms with Crippen LogP contribution in [0.2, 0.25) is 0 Å². The first-order chi connectivity index (χ1) is 8.41. The van der Waals surface area contributed by atoms with E-state index in [1.165, 1.54) is 6.07 Å². The molecule has 0 aliphatic rings. The van der Waals surface area contributed by atoms with Crippen molar-refractivity contribution >= 4 is 21.9 Å². The van der Waals surface area contributed by atoms with Gasteiger partial charge in [-0.2, -0.15) is 0 Å². The third-order valence-electron chi connectivity index (χ3n) is 2.44. The van der Waals surface area contributed by atoms with Crippen molar-refractivity contribution in [2.45, 2.75) is 6.42 Å². The van der Waals surface area contributed by atoms with Gasteiger partial charge in [-0.05, 0) is 40.0 Å². The number of hydrogen-bond acceptors (Lipinski definition) is 1. The van der Waals surface area contributed by atoms with Crippen LogP contribution in [0, 0.1) is 5.82 Å². The van der Waals surface area contributed by atoms with Crippen LogP contribution in [-0.4, -0.2) is 50.5 Å². The maximum Gasteiger partial charge on any atom is 0.195 e. The molecule has 0 saturated carbocycles. The molecule has 5 heteroatoms. The molecule has 0 radical (unpaired) electrons. The van der Waals surface area contributed by atoms with Gasteiger partial charge in [0.25, 0.3) is 0 Å². The molecule has 100 valence electrons. The fraction of sp³-hybridized carbons (Fsp3) is 0.462. The molecule has 18 heavy (non-hydrogen) atoms. The minimum atomic E-state index is -0.232. The predicted octanol–water partition coefficient (Wildman–Crippen LogP) is 2.61. The van der Waals surface area contributed by atoms with Crippen LogP contribution < -0.4 is 0 Å². The second-order valence-electron chi connectivity index (χ2n) is 4.47. The normalized spacial score (nSPS) is 10.1. The van der Waals surface area contributed by atoms with E-state index in [2.05, 4.69) is 20.9 Å². The van der Waals surface area contributed by atoms with Gasteiger partial charge in [0.15, 0.2) is 5.96 Å². The Morgan fingerprint density at radius 2 is 1.83 bits per heavy atom. The minimum Gasteiger partial charge on any atom is -0.349 e. The molecule has 0 atom stereocenters. The third kappa shape index (κ3) is 4.29. The molecule has 1 rings (SSSR count). The van der Waals surface area contributed by atoms with Crippen LogP contribution in [0.5, 0.6) is 0 Å². The van der Waals surface area contributed by atoms with Gasteiger partial charge >= 0.3 is 0 Å². The van der Waals surface area contributed by atoms with E-state index in [1.807, 2.05) is 38.0 Å². The minimum absolute atomic E-state index is 0.232. The van der Waals surface area contributed by atoms with Crippen molar-refractivity contribution in [1.82, 2.24) is 9.80 Å². The van der Waals surface area contributed by atoms with Crippen LogP contribution in [0.1, 0.15) is 5.56 Å². The van der Waals surface area contributed by atoms with Crippen LogP contribution in [-0.2, 0) is 6.42 Å². The second kappa shape index (κ2) is 6.73. The van der Waals surface area contributed by atoms with Gasteiger partial charge in [0.05, 0.1) is 4.47 Å². The van der Waals surface area contributed by atoms with E-state index in [4.69, 9.17) is 0 Å². The molecule has 0 aliphatic heterocycles. The molecule has 0 fully saturated rings. The summed E-state index contributed by atoms with van der Waals surface area (Å²) in [6.07, 6.45) is 0.796. The number of nitrogens with zero attached hydrogens (tertiary/aromatic N) is 3. The Hall–Kier alpha value is -1.10. The van der Waals surface area contributed by atoms with Gasteiger partial charge in [-0.25, -0.2) is 4.39 Å². The summed E-state index contributed by atoms with van der Waals surface area (Å²) < 4.78 is 13.6. The Kier molecular flexibility index (Phi) is 5.59. The molecule has 0 saturated heterocycles. The van der Waals surface area contributed by atoms with E-state index in [0.717, 1.165) is 17.9 Å². The van der Waals surface area contributed by atoms with Crippen LogP contribution in [0.4, 0.5) is 4.39 Å². The van der Waals surface area contributed by atoms with E-state index < -0.39 is 0 Å². The highest BCUT2D eigenvalue weighted by Crippen LogP contribution is 2.17. The number of halogens is 2. The SMILES string of the molecule is CN(C)C(=NCCc1ccc(F)c(Br)c1)N(C)C. The first kappa shape index (κ1) is 15.0. The topological polar surface area (TPSA) is 18.8 Å². The standard InChI is InChI=1S/C13H19BrFN3/c1-17(2)13(18(3)4)16-8-7-10-5-6-12(15)11(14)9-10/h5-6,9H,7-8H2,1-4H3. The summed E-state index contributed by atoms with van der Waals surface area (Å²) in [5, 5.41) is 0.